The van der Waals surface area contributed by atoms with Gasteiger partial charge in [0.1, 0.15) is 0 Å². The van der Waals surface area contributed by atoms with Crippen LogP contribution in [0.2, 0.25) is 0 Å². The molecular formula is C35H26O2. The van der Waals surface area contributed by atoms with Gasteiger partial charge >= 0.3 is 0 Å². The lowest BCUT2D eigenvalue weighted by Crippen LogP contribution is -2.32. The number of benzene rings is 6. The Balaban J connectivity index is 1.81. The fourth-order valence-electron chi connectivity index (χ4n) is 6.68. The van der Waals surface area contributed by atoms with E-state index < -0.39 is 5.41 Å². The normalized spacial score (nSPS) is 13.6. The van der Waals surface area contributed by atoms with Gasteiger partial charge < -0.3 is 10.2 Å². The summed E-state index contributed by atoms with van der Waals surface area (Å²) in [6, 6.07) is 42.4. The van der Waals surface area contributed by atoms with Crippen molar-refractivity contribution in [3.05, 3.63) is 155 Å². The van der Waals surface area contributed by atoms with Crippen molar-refractivity contribution in [3.8, 4) is 11.1 Å². The van der Waals surface area contributed by atoms with Crippen molar-refractivity contribution in [1.82, 2.24) is 0 Å². The Morgan fingerprint density at radius 1 is 0.432 bits per heavy atom. The van der Waals surface area contributed by atoms with Crippen molar-refractivity contribution in [3.63, 3.8) is 0 Å². The third-order valence-corrected chi connectivity index (χ3v) is 8.07. The van der Waals surface area contributed by atoms with E-state index in [0.717, 1.165) is 43.8 Å². The zero-order chi connectivity index (χ0) is 25.0. The summed E-state index contributed by atoms with van der Waals surface area (Å²) in [5, 5.41) is 26.0. The lowest BCUT2D eigenvalue weighted by atomic mass is 9.63. The minimum atomic E-state index is -0.731. The first kappa shape index (κ1) is 22.0. The summed E-state index contributed by atoms with van der Waals surface area (Å²) in [7, 11) is 0. The van der Waals surface area contributed by atoms with Gasteiger partial charge in [-0.25, -0.2) is 0 Å². The highest BCUT2D eigenvalue weighted by Gasteiger charge is 2.49. The molecule has 2 N–H and O–H groups in total. The van der Waals surface area contributed by atoms with E-state index in [1.807, 2.05) is 0 Å². The molecule has 2 heteroatoms. The molecule has 0 aliphatic heterocycles. The second kappa shape index (κ2) is 8.41. The van der Waals surface area contributed by atoms with Crippen molar-refractivity contribution >= 4 is 21.5 Å². The molecule has 0 heterocycles. The van der Waals surface area contributed by atoms with Crippen LogP contribution in [0.5, 0.6) is 0 Å². The van der Waals surface area contributed by atoms with E-state index in [4.69, 9.17) is 0 Å². The van der Waals surface area contributed by atoms with Crippen LogP contribution in [0, 0.1) is 0 Å². The average Bonchev–Trinajstić information content (AvgIpc) is 3.26. The van der Waals surface area contributed by atoms with Crippen LogP contribution in [-0.4, -0.2) is 10.2 Å². The van der Waals surface area contributed by atoms with Crippen molar-refractivity contribution < 1.29 is 10.2 Å². The monoisotopic (exact) mass is 478 g/mol. The van der Waals surface area contributed by atoms with E-state index in [-0.39, 0.29) is 13.2 Å². The van der Waals surface area contributed by atoms with Crippen molar-refractivity contribution in [1.29, 1.82) is 0 Å². The molecule has 0 radical (unpaired) electrons. The van der Waals surface area contributed by atoms with Crippen LogP contribution in [0.15, 0.2) is 121 Å². The molecule has 0 saturated heterocycles. The average molecular weight is 479 g/mol. The lowest BCUT2D eigenvalue weighted by Gasteiger charge is -2.38. The van der Waals surface area contributed by atoms with Gasteiger partial charge in [-0.05, 0) is 66.1 Å². The Morgan fingerprint density at radius 3 is 1.30 bits per heavy atom. The Morgan fingerprint density at radius 2 is 0.838 bits per heavy atom. The maximum absolute atomic E-state index is 10.8. The number of aliphatic hydroxyl groups excluding tert-OH is 2. The molecule has 0 amide bonds. The first-order valence-electron chi connectivity index (χ1n) is 12.7. The molecule has 1 aliphatic rings. The molecule has 1 aliphatic carbocycles. The van der Waals surface area contributed by atoms with Gasteiger partial charge in [0.15, 0.2) is 0 Å². The van der Waals surface area contributed by atoms with E-state index in [1.165, 1.54) is 22.3 Å². The summed E-state index contributed by atoms with van der Waals surface area (Å²) in [6.07, 6.45) is 0. The van der Waals surface area contributed by atoms with Gasteiger partial charge in [0.25, 0.3) is 0 Å². The first-order valence-corrected chi connectivity index (χ1v) is 12.7. The minimum absolute atomic E-state index is 0.0779. The summed E-state index contributed by atoms with van der Waals surface area (Å²) in [6.45, 7) is -0.156. The van der Waals surface area contributed by atoms with Gasteiger partial charge in [-0.15, -0.1) is 0 Å². The molecular weight excluding hydrogens is 452 g/mol. The number of fused-ring (bicyclic) bond motifs is 5. The van der Waals surface area contributed by atoms with Crippen LogP contribution < -0.4 is 0 Å². The number of hydrogen-bond donors (Lipinski definition) is 2. The maximum atomic E-state index is 10.8. The highest BCUT2D eigenvalue weighted by molar-refractivity contribution is 5.99. The molecule has 0 spiro atoms. The van der Waals surface area contributed by atoms with Crippen LogP contribution in [0.25, 0.3) is 32.7 Å². The van der Waals surface area contributed by atoms with Gasteiger partial charge in [-0.1, -0.05) is 121 Å². The van der Waals surface area contributed by atoms with Gasteiger partial charge in [0.2, 0.25) is 0 Å². The summed E-state index contributed by atoms with van der Waals surface area (Å²) in [5.41, 5.74) is 7.93. The molecule has 178 valence electrons. The van der Waals surface area contributed by atoms with Crippen LogP contribution in [0.3, 0.4) is 0 Å². The molecule has 6 aromatic carbocycles. The molecule has 2 nitrogen and oxygen atoms in total. The quantitative estimate of drug-likeness (QED) is 0.278. The summed E-state index contributed by atoms with van der Waals surface area (Å²) < 4.78 is 0. The van der Waals surface area contributed by atoms with Crippen molar-refractivity contribution in [2.75, 3.05) is 0 Å². The zero-order valence-corrected chi connectivity index (χ0v) is 20.4. The molecule has 0 saturated carbocycles. The highest BCUT2D eigenvalue weighted by atomic mass is 16.3. The predicted molar refractivity (Wildman–Crippen MR) is 151 cm³/mol. The highest BCUT2D eigenvalue weighted by Crippen LogP contribution is 2.59. The molecule has 0 atom stereocenters. The number of hydrogen-bond acceptors (Lipinski definition) is 2. The van der Waals surface area contributed by atoms with Crippen LogP contribution >= 0.6 is 0 Å². The fourth-order valence-corrected chi connectivity index (χ4v) is 6.68. The lowest BCUT2D eigenvalue weighted by molar-refractivity contribution is 0.278. The molecule has 37 heavy (non-hydrogen) atoms. The van der Waals surface area contributed by atoms with Gasteiger partial charge in [-0.2, -0.15) is 0 Å². The van der Waals surface area contributed by atoms with Crippen molar-refractivity contribution in [2.24, 2.45) is 0 Å². The van der Waals surface area contributed by atoms with Gasteiger partial charge in [-0.3, -0.25) is 0 Å². The molecule has 0 bridgehead atoms. The maximum Gasteiger partial charge on any atom is 0.0732 e. The standard InChI is InChI=1S/C35H26O2/c36-21-25-19-17-23-9-1-3-11-27(23)33(25)35(34-26(22-37)20-18-24-10-2-4-12-28(24)34)31-15-7-5-13-29(31)30-14-6-8-16-32(30)35/h1-20,36-37H,21-22H2. The van der Waals surface area contributed by atoms with Crippen LogP contribution in [0.1, 0.15) is 33.4 Å². The summed E-state index contributed by atoms with van der Waals surface area (Å²) >= 11 is 0. The van der Waals surface area contributed by atoms with E-state index in [1.54, 1.807) is 0 Å². The third-order valence-electron chi connectivity index (χ3n) is 8.07. The predicted octanol–water partition coefficient (Wildman–Crippen LogP) is 7.34. The van der Waals surface area contributed by atoms with E-state index >= 15 is 0 Å². The minimum Gasteiger partial charge on any atom is -0.392 e. The van der Waals surface area contributed by atoms with Crippen LogP contribution in [0.4, 0.5) is 0 Å². The zero-order valence-electron chi connectivity index (χ0n) is 20.4. The largest absolute Gasteiger partial charge is 0.392 e. The SMILES string of the molecule is OCc1ccc2ccccc2c1C1(c2c(CO)ccc3ccccc23)c2ccccc2-c2ccccc21. The molecule has 7 rings (SSSR count). The smallest absolute Gasteiger partial charge is 0.0732 e. The van der Waals surface area contributed by atoms with E-state index in [0.29, 0.717) is 0 Å². The fraction of sp³-hybridized carbons (Fsp3) is 0.0857. The number of rotatable bonds is 4. The third kappa shape index (κ3) is 2.94. The Hall–Kier alpha value is -4.24. The van der Waals surface area contributed by atoms with Crippen molar-refractivity contribution in [2.45, 2.75) is 18.6 Å². The summed E-state index contributed by atoms with van der Waals surface area (Å²) in [5.74, 6) is 0. The first-order chi connectivity index (χ1) is 18.3. The molecule has 0 fully saturated rings. The van der Waals surface area contributed by atoms with E-state index in [9.17, 15) is 10.2 Å². The van der Waals surface area contributed by atoms with Gasteiger partial charge in [0, 0.05) is 0 Å². The molecule has 0 aromatic heterocycles. The number of aliphatic hydroxyl groups is 2. The Labute approximate surface area is 216 Å². The Kier molecular flexibility index (Phi) is 5.00. The van der Waals surface area contributed by atoms with Crippen LogP contribution in [-0.2, 0) is 18.6 Å². The van der Waals surface area contributed by atoms with Gasteiger partial charge in [0.05, 0.1) is 18.6 Å². The molecule has 6 aromatic rings. The second-order valence-corrected chi connectivity index (χ2v) is 9.80. The van der Waals surface area contributed by atoms with E-state index in [2.05, 4.69) is 121 Å². The summed E-state index contributed by atoms with van der Waals surface area (Å²) in [4.78, 5) is 0. The second-order valence-electron chi connectivity index (χ2n) is 9.80. The molecule has 0 unspecified atom stereocenters. The Bertz CT molecular complexity index is 1680. The topological polar surface area (TPSA) is 40.5 Å².